The van der Waals surface area contributed by atoms with Crippen LogP contribution in [-0.2, 0) is 27.9 Å². The highest BCUT2D eigenvalue weighted by Crippen LogP contribution is 2.43. The molecule has 0 amide bonds. The standard InChI is InChI=1S/C13H20BNO3.C12H24B2O4.C7H8BrNO/c1-6-16-11-9-15-8-7-10(11)14-17-12(2,3)13(4,5)18-14;1-9(2)10(3,4)16-13(15-9)14-17-11(5,6)12(7,8)18-14;1-2-10-7-5-9-4-3-6(7)8/h7-9H,6H2,1-5H3;1-8H3;3-5H,2H2,1H3. The predicted molar refractivity (Wildman–Crippen MR) is 186 cm³/mol. The number of nitrogens with zero attached hydrogens (tertiary/aromatic N) is 2. The Morgan fingerprint density at radius 2 is 0.913 bits per heavy atom. The van der Waals surface area contributed by atoms with E-state index in [2.05, 4.69) is 25.9 Å². The largest absolute Gasteiger partial charge is 0.498 e. The van der Waals surface area contributed by atoms with E-state index in [0.29, 0.717) is 13.2 Å². The lowest BCUT2D eigenvalue weighted by Gasteiger charge is -2.32. The van der Waals surface area contributed by atoms with Crippen LogP contribution in [0.2, 0.25) is 0 Å². The summed E-state index contributed by atoms with van der Waals surface area (Å²) in [6.45, 7) is 29.5. The topological polar surface area (TPSA) is 99.6 Å². The van der Waals surface area contributed by atoms with E-state index in [1.165, 1.54) is 0 Å². The van der Waals surface area contributed by atoms with Crippen molar-refractivity contribution in [2.75, 3.05) is 13.2 Å². The average Bonchev–Trinajstić information content (AvgIpc) is 3.40. The van der Waals surface area contributed by atoms with E-state index >= 15 is 0 Å². The van der Waals surface area contributed by atoms with E-state index < -0.39 is 21.1 Å². The fraction of sp³-hybridized carbons (Fsp3) is 0.688. The highest BCUT2D eigenvalue weighted by Gasteiger charge is 2.63. The van der Waals surface area contributed by atoms with Crippen molar-refractivity contribution in [3.8, 4) is 11.5 Å². The normalized spacial score (nSPS) is 22.8. The fourth-order valence-electron chi connectivity index (χ4n) is 4.46. The maximum absolute atomic E-state index is 6.01. The summed E-state index contributed by atoms with van der Waals surface area (Å²) in [5.74, 6) is 1.52. The van der Waals surface area contributed by atoms with Crippen molar-refractivity contribution >= 4 is 42.5 Å². The lowest BCUT2D eigenvalue weighted by Crippen LogP contribution is -2.41. The fourth-order valence-corrected chi connectivity index (χ4v) is 4.79. The molecule has 14 heteroatoms. The first kappa shape index (κ1) is 38.8. The van der Waals surface area contributed by atoms with Gasteiger partial charge in [-0.2, -0.15) is 0 Å². The summed E-state index contributed by atoms with van der Waals surface area (Å²) >= 11 is 3.33. The van der Waals surface area contributed by atoms with Crippen LogP contribution < -0.4 is 14.9 Å². The molecule has 0 radical (unpaired) electrons. The molecule has 0 aliphatic carbocycles. The lowest BCUT2D eigenvalue weighted by atomic mass is 9.49. The van der Waals surface area contributed by atoms with Gasteiger partial charge in [0, 0.05) is 17.9 Å². The quantitative estimate of drug-likeness (QED) is 0.320. The molecule has 46 heavy (non-hydrogen) atoms. The second-order valence-electron chi connectivity index (χ2n) is 14.4. The summed E-state index contributed by atoms with van der Waals surface area (Å²) < 4.78 is 47.6. The van der Waals surface area contributed by atoms with Crippen LogP contribution in [0, 0.1) is 0 Å². The van der Waals surface area contributed by atoms with Crippen molar-refractivity contribution in [2.24, 2.45) is 0 Å². The van der Waals surface area contributed by atoms with Gasteiger partial charge in [0.1, 0.15) is 5.75 Å². The first-order chi connectivity index (χ1) is 21.1. The van der Waals surface area contributed by atoms with E-state index in [9.17, 15) is 0 Å². The van der Waals surface area contributed by atoms with Gasteiger partial charge in [-0.3, -0.25) is 9.97 Å². The Morgan fingerprint density at radius 3 is 1.30 bits per heavy atom. The highest BCUT2D eigenvalue weighted by molar-refractivity contribution is 9.10. The van der Waals surface area contributed by atoms with Gasteiger partial charge < -0.3 is 37.4 Å². The number of hydrogen-bond donors (Lipinski definition) is 0. The van der Waals surface area contributed by atoms with Gasteiger partial charge in [0.2, 0.25) is 0 Å². The van der Waals surface area contributed by atoms with Crippen LogP contribution in [0.1, 0.15) is 96.9 Å². The Bertz CT molecular complexity index is 1230. The van der Waals surface area contributed by atoms with Gasteiger partial charge in [0.15, 0.2) is 5.75 Å². The Kier molecular flexibility index (Phi) is 12.2. The predicted octanol–water partition coefficient (Wildman–Crippen LogP) is 6.27. The minimum absolute atomic E-state index is 0.343. The molecule has 0 N–H and O–H groups in total. The molecule has 0 bridgehead atoms. The molecule has 0 aromatic carbocycles. The molecule has 10 nitrogen and oxygen atoms in total. The van der Waals surface area contributed by atoms with Gasteiger partial charge in [0.05, 0.1) is 63.7 Å². The van der Waals surface area contributed by atoms with Crippen molar-refractivity contribution in [3.63, 3.8) is 0 Å². The van der Waals surface area contributed by atoms with Crippen molar-refractivity contribution in [2.45, 2.75) is 131 Å². The number of pyridine rings is 2. The summed E-state index contributed by atoms with van der Waals surface area (Å²) in [5, 5.41) is 0. The van der Waals surface area contributed by atoms with Gasteiger partial charge in [0.25, 0.3) is 0 Å². The number of aromatic nitrogens is 2. The molecule has 3 aliphatic rings. The molecule has 3 saturated heterocycles. The zero-order valence-electron chi connectivity index (χ0n) is 30.1. The van der Waals surface area contributed by atoms with Gasteiger partial charge in [-0.1, -0.05) is 0 Å². The first-order valence-electron chi connectivity index (χ1n) is 16.0. The maximum Gasteiger partial charge on any atom is 0.498 e. The van der Waals surface area contributed by atoms with E-state index in [-0.39, 0.29) is 33.6 Å². The Balaban J connectivity index is 0.000000196. The zero-order valence-corrected chi connectivity index (χ0v) is 31.7. The van der Waals surface area contributed by atoms with E-state index in [1.54, 1.807) is 24.8 Å². The molecular weight excluding hydrogens is 653 g/mol. The Labute approximate surface area is 285 Å². The number of ether oxygens (including phenoxy) is 2. The van der Waals surface area contributed by atoms with Gasteiger partial charge in [-0.15, -0.1) is 0 Å². The van der Waals surface area contributed by atoms with Gasteiger partial charge in [-0.05, 0) is 125 Å². The Morgan fingerprint density at radius 1 is 0.565 bits per heavy atom. The van der Waals surface area contributed by atoms with E-state index in [0.717, 1.165) is 21.4 Å². The number of rotatable bonds is 6. The summed E-state index contributed by atoms with van der Waals surface area (Å²) in [7, 11) is -1.35. The smallest absolute Gasteiger partial charge is 0.493 e. The maximum atomic E-state index is 6.01. The molecule has 254 valence electrons. The van der Waals surface area contributed by atoms with Crippen LogP contribution in [0.5, 0.6) is 11.5 Å². The van der Waals surface area contributed by atoms with Crippen LogP contribution in [-0.4, -0.2) is 77.9 Å². The molecule has 5 rings (SSSR count). The molecule has 3 fully saturated rings. The first-order valence-corrected chi connectivity index (χ1v) is 16.7. The number of halogens is 1. The minimum atomic E-state index is -0.476. The minimum Gasteiger partial charge on any atom is -0.493 e. The van der Waals surface area contributed by atoms with E-state index in [4.69, 9.17) is 37.4 Å². The van der Waals surface area contributed by atoms with Crippen LogP contribution in [0.3, 0.4) is 0 Å². The van der Waals surface area contributed by atoms with Crippen molar-refractivity contribution in [1.29, 1.82) is 0 Å². The molecule has 5 heterocycles. The molecule has 0 spiro atoms. The third-order valence-corrected chi connectivity index (χ3v) is 10.1. The van der Waals surface area contributed by atoms with Gasteiger partial charge in [-0.25, -0.2) is 0 Å². The van der Waals surface area contributed by atoms with Crippen molar-refractivity contribution in [3.05, 3.63) is 41.4 Å². The zero-order chi connectivity index (χ0) is 34.8. The van der Waals surface area contributed by atoms with Crippen LogP contribution in [0.25, 0.3) is 0 Å². The monoisotopic (exact) mass is 704 g/mol. The molecule has 0 atom stereocenters. The van der Waals surface area contributed by atoms with Crippen molar-refractivity contribution in [1.82, 2.24) is 9.97 Å². The van der Waals surface area contributed by atoms with Crippen LogP contribution in [0.4, 0.5) is 0 Å². The molecule has 0 saturated carbocycles. The summed E-state index contributed by atoms with van der Waals surface area (Å²) in [5.41, 5.74) is -1.23. The number of hydrogen-bond acceptors (Lipinski definition) is 10. The Hall–Kier alpha value is -1.67. The van der Waals surface area contributed by atoms with E-state index in [1.807, 2.05) is 109 Å². The van der Waals surface area contributed by atoms with Crippen LogP contribution in [0.15, 0.2) is 41.4 Å². The summed E-state index contributed by atoms with van der Waals surface area (Å²) in [6, 6.07) is 3.73. The third-order valence-electron chi connectivity index (χ3n) is 9.42. The third kappa shape index (κ3) is 8.67. The van der Waals surface area contributed by atoms with Crippen LogP contribution >= 0.6 is 15.9 Å². The summed E-state index contributed by atoms with van der Waals surface area (Å²) in [6.07, 6.45) is 6.83. The average molecular weight is 705 g/mol. The SMILES string of the molecule is CC1(C)OB(B2OC(C)(C)C(C)(C)O2)OC1(C)C.CCOc1cnccc1B1OC(C)(C)C(C)(C)O1.CCOc1cnccc1Br. The molecule has 3 aliphatic heterocycles. The summed E-state index contributed by atoms with van der Waals surface area (Å²) in [4.78, 5) is 7.98. The molecule has 2 aromatic rings. The highest BCUT2D eigenvalue weighted by atomic mass is 79.9. The second kappa shape index (κ2) is 14.4. The second-order valence-corrected chi connectivity index (χ2v) is 15.3. The van der Waals surface area contributed by atoms with Gasteiger partial charge >= 0.3 is 21.1 Å². The molecule has 2 aromatic heterocycles. The van der Waals surface area contributed by atoms with Crippen molar-refractivity contribution < 1.29 is 37.4 Å². The lowest BCUT2D eigenvalue weighted by molar-refractivity contribution is 0.00578. The molecule has 0 unspecified atom stereocenters. The molecular formula is C32H52B3BrN2O8.